The highest BCUT2D eigenvalue weighted by atomic mass is 16.2. The van der Waals surface area contributed by atoms with Gasteiger partial charge < -0.3 is 10.4 Å². The first-order chi connectivity index (χ1) is 10.1. The van der Waals surface area contributed by atoms with E-state index in [1.54, 1.807) is 18.3 Å². The number of carbonyl (C=O) groups excluding carboxylic acids is 1. The molecule has 1 amide bonds. The van der Waals surface area contributed by atoms with Crippen LogP contribution in [0.3, 0.4) is 0 Å². The lowest BCUT2D eigenvalue weighted by molar-refractivity contribution is 0.102. The molecule has 1 aromatic carbocycles. The number of hydrogen-bond acceptors (Lipinski definition) is 3. The molecule has 0 aliphatic rings. The van der Waals surface area contributed by atoms with Gasteiger partial charge in [-0.2, -0.15) is 0 Å². The van der Waals surface area contributed by atoms with E-state index in [1.807, 2.05) is 32.0 Å². The van der Waals surface area contributed by atoms with Crippen LogP contribution in [0.25, 0.3) is 0 Å². The zero-order valence-electron chi connectivity index (χ0n) is 12.0. The van der Waals surface area contributed by atoms with E-state index in [2.05, 4.69) is 22.1 Å². The minimum Gasteiger partial charge on any atom is -0.384 e. The van der Waals surface area contributed by atoms with E-state index in [1.165, 1.54) is 0 Å². The zero-order chi connectivity index (χ0) is 15.2. The van der Waals surface area contributed by atoms with Crippen molar-refractivity contribution in [2.45, 2.75) is 13.8 Å². The molecular formula is C17H16N2O2. The number of aromatic nitrogens is 1. The smallest absolute Gasteiger partial charge is 0.256 e. The molecule has 2 N–H and O–H groups in total. The minimum atomic E-state index is -0.229. The van der Waals surface area contributed by atoms with Gasteiger partial charge in [0.2, 0.25) is 0 Å². The largest absolute Gasteiger partial charge is 0.384 e. The fraction of sp³-hybridized carbons (Fsp3) is 0.176. The van der Waals surface area contributed by atoms with Crippen LogP contribution in [0.1, 0.15) is 27.0 Å². The highest BCUT2D eigenvalue weighted by Crippen LogP contribution is 2.14. The van der Waals surface area contributed by atoms with Gasteiger partial charge >= 0.3 is 0 Å². The number of rotatable bonds is 2. The Bertz CT molecular complexity index is 727. The van der Waals surface area contributed by atoms with E-state index >= 15 is 0 Å². The summed E-state index contributed by atoms with van der Waals surface area (Å²) in [5, 5.41) is 11.5. The third-order valence-corrected chi connectivity index (χ3v) is 2.89. The van der Waals surface area contributed by atoms with Gasteiger partial charge in [-0.15, -0.1) is 0 Å². The van der Waals surface area contributed by atoms with Gasteiger partial charge in [0.1, 0.15) is 12.4 Å². The first-order valence-electron chi connectivity index (χ1n) is 6.54. The molecule has 2 rings (SSSR count). The molecule has 4 nitrogen and oxygen atoms in total. The molecule has 0 unspecified atom stereocenters. The van der Waals surface area contributed by atoms with Crippen molar-refractivity contribution in [3.63, 3.8) is 0 Å². The maximum Gasteiger partial charge on any atom is 0.256 e. The Morgan fingerprint density at radius 3 is 2.86 bits per heavy atom. The van der Waals surface area contributed by atoms with Crippen molar-refractivity contribution in [1.29, 1.82) is 0 Å². The Kier molecular flexibility index (Phi) is 4.70. The number of anilines is 1. The molecule has 0 spiro atoms. The van der Waals surface area contributed by atoms with E-state index in [0.717, 1.165) is 11.1 Å². The molecule has 1 heterocycles. The van der Waals surface area contributed by atoms with Crippen molar-refractivity contribution >= 4 is 11.7 Å². The van der Waals surface area contributed by atoms with Crippen LogP contribution >= 0.6 is 0 Å². The molecule has 21 heavy (non-hydrogen) atoms. The van der Waals surface area contributed by atoms with E-state index in [-0.39, 0.29) is 12.5 Å². The van der Waals surface area contributed by atoms with E-state index in [4.69, 9.17) is 5.11 Å². The Morgan fingerprint density at radius 2 is 2.14 bits per heavy atom. The van der Waals surface area contributed by atoms with Crippen LogP contribution in [0.15, 0.2) is 36.5 Å². The number of aryl methyl sites for hydroxylation is 2. The fourth-order valence-corrected chi connectivity index (χ4v) is 1.92. The molecular weight excluding hydrogens is 264 g/mol. The number of nitrogens with one attached hydrogen (secondary N) is 1. The van der Waals surface area contributed by atoms with Crippen molar-refractivity contribution < 1.29 is 9.90 Å². The van der Waals surface area contributed by atoms with Crippen molar-refractivity contribution in [3.8, 4) is 11.8 Å². The van der Waals surface area contributed by atoms with E-state index in [9.17, 15) is 4.79 Å². The molecule has 0 saturated carbocycles. The molecule has 1 aromatic heterocycles. The lowest BCUT2D eigenvalue weighted by Gasteiger charge is -2.08. The molecule has 0 bridgehead atoms. The van der Waals surface area contributed by atoms with Gasteiger partial charge in [-0.05, 0) is 49.2 Å². The average molecular weight is 280 g/mol. The summed E-state index contributed by atoms with van der Waals surface area (Å²) in [5.41, 5.74) is 3.05. The van der Waals surface area contributed by atoms with Crippen LogP contribution < -0.4 is 5.32 Å². The molecule has 2 aromatic rings. The number of amides is 1. The lowest BCUT2D eigenvalue weighted by Crippen LogP contribution is -2.14. The average Bonchev–Trinajstić information content (AvgIpc) is 2.47. The number of nitrogens with zero attached hydrogens (tertiary/aromatic N) is 1. The first-order valence-corrected chi connectivity index (χ1v) is 6.54. The molecule has 0 aliphatic carbocycles. The van der Waals surface area contributed by atoms with Gasteiger partial charge in [0.15, 0.2) is 0 Å². The maximum atomic E-state index is 12.3. The Hall–Kier alpha value is -2.64. The molecule has 4 heteroatoms. The minimum absolute atomic E-state index is 0.206. The third kappa shape index (κ3) is 3.91. The fourth-order valence-electron chi connectivity index (χ4n) is 1.92. The van der Waals surface area contributed by atoms with Crippen molar-refractivity contribution in [1.82, 2.24) is 4.98 Å². The second kappa shape index (κ2) is 6.69. The zero-order valence-corrected chi connectivity index (χ0v) is 12.0. The Morgan fingerprint density at radius 1 is 1.33 bits per heavy atom. The second-order valence-electron chi connectivity index (χ2n) is 4.67. The van der Waals surface area contributed by atoms with Crippen LogP contribution in [0.4, 0.5) is 5.82 Å². The highest BCUT2D eigenvalue weighted by Gasteiger charge is 2.09. The second-order valence-corrected chi connectivity index (χ2v) is 4.67. The molecule has 0 aliphatic heterocycles. The number of aliphatic hydroxyl groups excluding tert-OH is 1. The van der Waals surface area contributed by atoms with E-state index < -0.39 is 0 Å². The summed E-state index contributed by atoms with van der Waals surface area (Å²) < 4.78 is 0. The van der Waals surface area contributed by atoms with Gasteiger partial charge in [0.25, 0.3) is 5.91 Å². The van der Waals surface area contributed by atoms with E-state index in [0.29, 0.717) is 16.9 Å². The van der Waals surface area contributed by atoms with Crippen LogP contribution in [0, 0.1) is 25.7 Å². The number of hydrogen-bond donors (Lipinski definition) is 2. The summed E-state index contributed by atoms with van der Waals surface area (Å²) in [6.45, 7) is 3.58. The summed E-state index contributed by atoms with van der Waals surface area (Å²) in [5.74, 6) is 5.71. The summed E-state index contributed by atoms with van der Waals surface area (Å²) in [7, 11) is 0. The molecule has 106 valence electrons. The van der Waals surface area contributed by atoms with Crippen LogP contribution in [0.2, 0.25) is 0 Å². The van der Waals surface area contributed by atoms with Gasteiger partial charge in [-0.1, -0.05) is 17.9 Å². The number of aliphatic hydroxyl groups is 1. The van der Waals surface area contributed by atoms with Crippen LogP contribution in [-0.4, -0.2) is 22.6 Å². The molecule has 0 saturated heterocycles. The van der Waals surface area contributed by atoms with Crippen molar-refractivity contribution in [3.05, 3.63) is 58.8 Å². The van der Waals surface area contributed by atoms with Crippen LogP contribution in [0.5, 0.6) is 0 Å². The molecule has 0 radical (unpaired) electrons. The monoisotopic (exact) mass is 280 g/mol. The Labute approximate surface area is 123 Å². The SMILES string of the molecule is Cc1cc(C#CCO)cc(C(=O)Nc2ncccc2C)c1. The van der Waals surface area contributed by atoms with Gasteiger partial charge in [0.05, 0.1) is 0 Å². The molecule has 0 atom stereocenters. The topological polar surface area (TPSA) is 62.2 Å². The van der Waals surface area contributed by atoms with Gasteiger partial charge in [-0.25, -0.2) is 4.98 Å². The quantitative estimate of drug-likeness (QED) is 0.830. The van der Waals surface area contributed by atoms with Gasteiger partial charge in [0, 0.05) is 17.3 Å². The first kappa shape index (κ1) is 14.8. The summed E-state index contributed by atoms with van der Waals surface area (Å²) in [6.07, 6.45) is 1.64. The summed E-state index contributed by atoms with van der Waals surface area (Å²) in [4.78, 5) is 16.4. The predicted molar refractivity (Wildman–Crippen MR) is 82.1 cm³/mol. The number of carbonyl (C=O) groups is 1. The molecule has 0 fully saturated rings. The normalized spacial score (nSPS) is 9.67. The van der Waals surface area contributed by atoms with Crippen LogP contribution in [-0.2, 0) is 0 Å². The highest BCUT2D eigenvalue weighted by molar-refractivity contribution is 6.04. The third-order valence-electron chi connectivity index (χ3n) is 2.89. The Balaban J connectivity index is 2.27. The number of pyridine rings is 1. The maximum absolute atomic E-state index is 12.3. The predicted octanol–water partition coefficient (Wildman–Crippen LogP) is 2.29. The summed E-state index contributed by atoms with van der Waals surface area (Å²) >= 11 is 0. The standard InChI is InChI=1S/C17H16N2O2/c1-12-9-14(6-4-8-20)11-15(10-12)17(21)19-16-13(2)5-3-7-18-16/h3,5,7,9-11,20H,8H2,1-2H3,(H,18,19,21). The van der Waals surface area contributed by atoms with Gasteiger partial charge in [-0.3, -0.25) is 4.79 Å². The summed E-state index contributed by atoms with van der Waals surface area (Å²) in [6, 6.07) is 9.06. The number of benzene rings is 1. The van der Waals surface area contributed by atoms with Crippen molar-refractivity contribution in [2.24, 2.45) is 0 Å². The lowest BCUT2D eigenvalue weighted by atomic mass is 10.1. The van der Waals surface area contributed by atoms with Crippen molar-refractivity contribution in [2.75, 3.05) is 11.9 Å².